The second-order valence-corrected chi connectivity index (χ2v) is 7.51. The molecule has 0 atom stereocenters. The quantitative estimate of drug-likeness (QED) is 0.184. The number of hydrogen-bond acceptors (Lipinski definition) is 15. The van der Waals surface area contributed by atoms with Crippen molar-refractivity contribution in [3.8, 4) is 0 Å². The molecule has 5 aromatic heterocycles. The van der Waals surface area contributed by atoms with Crippen molar-refractivity contribution < 1.29 is 68.1 Å². The van der Waals surface area contributed by atoms with E-state index in [0.717, 1.165) is 0 Å². The number of aromatic nitrogens is 5. The SMILES string of the molecule is O=C([O-])c1ccccn1.O=C([O-])c1ccccn1.O=C([O-])c1ccccn1.O=C([O-])c1ccccn1.O=C([O-])c1ccccn1.[V+5]. The van der Waals surface area contributed by atoms with Crippen molar-refractivity contribution in [3.05, 3.63) is 150 Å². The van der Waals surface area contributed by atoms with E-state index in [4.69, 9.17) is 0 Å². The maximum atomic E-state index is 10.0. The minimum atomic E-state index is -1.24. The Morgan fingerprint density at radius 2 is 0.478 bits per heavy atom. The molecule has 0 bridgehead atoms. The van der Waals surface area contributed by atoms with Crippen LogP contribution in [0.4, 0.5) is 0 Å². The normalized spacial score (nSPS) is 8.70. The summed E-state index contributed by atoms with van der Waals surface area (Å²) in [6.07, 6.45) is 7.04. The second kappa shape index (κ2) is 23.2. The summed E-state index contributed by atoms with van der Waals surface area (Å²) < 4.78 is 0. The van der Waals surface area contributed by atoms with Crippen molar-refractivity contribution in [2.45, 2.75) is 0 Å². The number of aromatic carboxylic acids is 5. The Morgan fingerprint density at radius 1 is 0.326 bits per heavy atom. The van der Waals surface area contributed by atoms with Crippen molar-refractivity contribution >= 4 is 29.8 Å². The molecule has 5 aromatic rings. The zero-order chi connectivity index (χ0) is 33.5. The summed E-state index contributed by atoms with van der Waals surface area (Å²) in [5, 5.41) is 50.1. The van der Waals surface area contributed by atoms with Crippen LogP contribution in [-0.4, -0.2) is 54.8 Å². The minimum absolute atomic E-state index is 0. The number of hydrogen-bond donors (Lipinski definition) is 0. The zero-order valence-electron chi connectivity index (χ0n) is 23.3. The Hall–Kier alpha value is -6.32. The van der Waals surface area contributed by atoms with Crippen LogP contribution in [0, 0.1) is 0 Å². The number of carbonyl (C=O) groups is 5. The Bertz CT molecular complexity index is 1330. The molecule has 0 unspecified atom stereocenters. The average Bonchev–Trinajstić information content (AvgIpc) is 3.08. The van der Waals surface area contributed by atoms with Crippen molar-refractivity contribution in [2.75, 3.05) is 0 Å². The third-order valence-electron chi connectivity index (χ3n) is 4.37. The van der Waals surface area contributed by atoms with Crippen molar-refractivity contribution in [2.24, 2.45) is 0 Å². The minimum Gasteiger partial charge on any atom is -0.543 e. The van der Waals surface area contributed by atoms with Crippen LogP contribution in [0.5, 0.6) is 0 Å². The van der Waals surface area contributed by atoms with Crippen LogP contribution in [0.1, 0.15) is 52.4 Å². The van der Waals surface area contributed by atoms with Gasteiger partial charge in [-0.2, -0.15) is 0 Å². The van der Waals surface area contributed by atoms with Crippen molar-refractivity contribution in [3.63, 3.8) is 0 Å². The first-order valence-corrected chi connectivity index (χ1v) is 12.1. The van der Waals surface area contributed by atoms with Gasteiger partial charge in [-0.3, -0.25) is 24.9 Å². The molecule has 0 amide bonds. The number of rotatable bonds is 5. The van der Waals surface area contributed by atoms with E-state index in [1.165, 1.54) is 61.3 Å². The van der Waals surface area contributed by atoms with Gasteiger partial charge in [-0.25, -0.2) is 0 Å². The molecule has 5 heterocycles. The fraction of sp³-hybridized carbons (Fsp3) is 0. The first kappa shape index (κ1) is 39.7. The van der Waals surface area contributed by atoms with Gasteiger partial charge >= 0.3 is 18.6 Å². The standard InChI is InChI=1S/5C6H5NO2.V/c5*8-6(9)5-3-1-2-4-7-5;/h5*1-4H,(H,8,9);/q;;;;;+5/p-5. The maximum absolute atomic E-state index is 10.0. The average molecular weight is 661 g/mol. The molecule has 46 heavy (non-hydrogen) atoms. The summed E-state index contributed by atoms with van der Waals surface area (Å²) >= 11 is 0. The Kier molecular flexibility index (Phi) is 20.0. The third kappa shape index (κ3) is 17.6. The van der Waals surface area contributed by atoms with E-state index in [9.17, 15) is 49.5 Å². The second-order valence-electron chi connectivity index (χ2n) is 7.51. The van der Waals surface area contributed by atoms with Crippen molar-refractivity contribution in [1.82, 2.24) is 24.9 Å². The Morgan fingerprint density at radius 3 is 0.543 bits per heavy atom. The summed E-state index contributed by atoms with van der Waals surface area (Å²) in [4.78, 5) is 67.7. The van der Waals surface area contributed by atoms with Gasteiger partial charge in [0.2, 0.25) is 0 Å². The number of carboxylic acids is 5. The largest absolute Gasteiger partial charge is 5.00 e. The van der Waals surface area contributed by atoms with Crippen LogP contribution in [0.25, 0.3) is 0 Å². The fourth-order valence-corrected chi connectivity index (χ4v) is 2.42. The molecule has 0 aromatic carbocycles. The molecule has 5 rings (SSSR count). The van der Waals surface area contributed by atoms with Gasteiger partial charge in [-0.05, 0) is 60.7 Å². The molecule has 0 fully saturated rings. The van der Waals surface area contributed by atoms with Gasteiger partial charge in [-0.1, -0.05) is 30.3 Å². The van der Waals surface area contributed by atoms with E-state index in [2.05, 4.69) is 24.9 Å². The topological polar surface area (TPSA) is 265 Å². The molecule has 15 nitrogen and oxygen atoms in total. The summed E-state index contributed by atoms with van der Waals surface area (Å²) in [7, 11) is 0. The van der Waals surface area contributed by atoms with Gasteiger partial charge in [0.15, 0.2) is 0 Å². The van der Waals surface area contributed by atoms with Gasteiger partial charge in [0.05, 0.1) is 58.3 Å². The first-order chi connectivity index (χ1) is 21.5. The van der Waals surface area contributed by atoms with Crippen LogP contribution in [-0.2, 0) is 18.6 Å². The van der Waals surface area contributed by atoms with E-state index < -0.39 is 29.8 Å². The number of carboxylic acid groups (broad SMARTS) is 5. The monoisotopic (exact) mass is 661 g/mol. The molecule has 230 valence electrons. The summed E-state index contributed by atoms with van der Waals surface area (Å²) in [5.41, 5.74) is -0.150. The van der Waals surface area contributed by atoms with Gasteiger partial charge in [-0.15, -0.1) is 0 Å². The van der Waals surface area contributed by atoms with E-state index in [-0.39, 0.29) is 47.0 Å². The first-order valence-electron chi connectivity index (χ1n) is 12.1. The number of carbonyl (C=O) groups excluding carboxylic acids is 5. The van der Waals surface area contributed by atoms with Crippen LogP contribution >= 0.6 is 0 Å². The summed E-state index contributed by atoms with van der Waals surface area (Å²) in [6.45, 7) is 0. The van der Waals surface area contributed by atoms with E-state index in [1.807, 2.05) is 0 Å². The Labute approximate surface area is 272 Å². The summed E-state index contributed by atoms with van der Waals surface area (Å²) in [5.74, 6) is -6.20. The van der Waals surface area contributed by atoms with Gasteiger partial charge in [0.1, 0.15) is 0 Å². The van der Waals surface area contributed by atoms with E-state index in [0.29, 0.717) is 0 Å². The molecule has 0 aliphatic carbocycles. The molecule has 0 radical (unpaired) electrons. The molecule has 0 spiro atoms. The molecule has 0 aliphatic heterocycles. The van der Waals surface area contributed by atoms with Crippen LogP contribution in [0.2, 0.25) is 0 Å². The van der Waals surface area contributed by atoms with Crippen LogP contribution in [0.15, 0.2) is 122 Å². The fourth-order valence-electron chi connectivity index (χ4n) is 2.42. The summed E-state index contributed by atoms with van der Waals surface area (Å²) in [6, 6.07) is 23.1. The third-order valence-corrected chi connectivity index (χ3v) is 4.37. The van der Waals surface area contributed by atoms with Crippen molar-refractivity contribution in [1.29, 1.82) is 0 Å². The van der Waals surface area contributed by atoms with E-state index >= 15 is 0 Å². The zero-order valence-corrected chi connectivity index (χ0v) is 24.7. The molecule has 0 saturated carbocycles. The molecular weight excluding hydrogens is 641 g/mol. The Balaban J connectivity index is 0.000000547. The molecule has 16 heteroatoms. The van der Waals surface area contributed by atoms with Gasteiger partial charge < -0.3 is 49.5 Å². The van der Waals surface area contributed by atoms with Crippen LogP contribution < -0.4 is 25.5 Å². The molecule has 0 N–H and O–H groups in total. The predicted octanol–water partition coefficient (Wildman–Crippen LogP) is -2.78. The number of nitrogens with zero attached hydrogens (tertiary/aromatic N) is 5. The van der Waals surface area contributed by atoms with E-state index in [1.54, 1.807) is 60.7 Å². The molecule has 0 aliphatic rings. The molecular formula is C30H20N5O10V. The van der Waals surface area contributed by atoms with Gasteiger partial charge in [0.25, 0.3) is 0 Å². The maximum Gasteiger partial charge on any atom is 5.00 e. The smallest absolute Gasteiger partial charge is 0.543 e. The molecule has 0 saturated heterocycles. The van der Waals surface area contributed by atoms with Gasteiger partial charge in [0, 0.05) is 31.0 Å². The predicted molar refractivity (Wildman–Crippen MR) is 143 cm³/mol. The number of pyridine rings is 5. The van der Waals surface area contributed by atoms with Crippen LogP contribution in [0.3, 0.4) is 0 Å².